The summed E-state index contributed by atoms with van der Waals surface area (Å²) in [5.41, 5.74) is 0.450. The first-order chi connectivity index (χ1) is 11.9. The fourth-order valence-electron chi connectivity index (χ4n) is 2.75. The Morgan fingerprint density at radius 3 is 2.76 bits per heavy atom. The molecule has 0 aliphatic carbocycles. The normalized spacial score (nSPS) is 17.9. The lowest BCUT2D eigenvalue weighted by Gasteiger charge is -2.18. The number of halogens is 2. The largest absolute Gasteiger partial charge is 0.507 e. The molecule has 0 saturated carbocycles. The predicted octanol–water partition coefficient (Wildman–Crippen LogP) is 4.33. The van der Waals surface area contributed by atoms with Gasteiger partial charge in [0.05, 0.1) is 10.7 Å². The van der Waals surface area contributed by atoms with E-state index in [1.165, 1.54) is 12.1 Å². The molecule has 0 spiro atoms. The zero-order chi connectivity index (χ0) is 18.1. The van der Waals surface area contributed by atoms with E-state index in [4.69, 9.17) is 27.6 Å². The van der Waals surface area contributed by atoms with E-state index in [2.05, 4.69) is 4.99 Å². The van der Waals surface area contributed by atoms with Crippen molar-refractivity contribution < 1.29 is 14.6 Å². The van der Waals surface area contributed by atoms with Crippen LogP contribution in [0.5, 0.6) is 11.5 Å². The standard InChI is InChI=1S/C17H15Cl2NO4S/c1-8-4-13(21)15(17(23)24-8)12-7-14(25-3-2-20-12)10-5-9(18)6-11(19)16(10)22/h4-6,14,21-22H,2-3,7H2,1H3/t14-/m1/s1. The van der Waals surface area contributed by atoms with Crippen LogP contribution in [-0.4, -0.2) is 28.2 Å². The van der Waals surface area contributed by atoms with Gasteiger partial charge in [-0.05, 0) is 19.1 Å². The summed E-state index contributed by atoms with van der Waals surface area (Å²) in [6, 6.07) is 4.51. The maximum Gasteiger partial charge on any atom is 0.348 e. The molecule has 5 nitrogen and oxygen atoms in total. The van der Waals surface area contributed by atoms with Crippen LogP contribution in [0, 0.1) is 6.92 Å². The summed E-state index contributed by atoms with van der Waals surface area (Å²) in [6.07, 6.45) is 0.330. The Morgan fingerprint density at radius 2 is 2.04 bits per heavy atom. The molecule has 1 atom stereocenters. The average molecular weight is 400 g/mol. The van der Waals surface area contributed by atoms with Crippen molar-refractivity contribution in [2.75, 3.05) is 12.3 Å². The van der Waals surface area contributed by atoms with Gasteiger partial charge in [0.25, 0.3) is 0 Å². The van der Waals surface area contributed by atoms with Crippen LogP contribution in [0.15, 0.2) is 32.4 Å². The van der Waals surface area contributed by atoms with Crippen LogP contribution in [0.3, 0.4) is 0 Å². The summed E-state index contributed by atoms with van der Waals surface area (Å²) in [5.74, 6) is 0.817. The molecule has 2 heterocycles. The number of hydrogen-bond acceptors (Lipinski definition) is 6. The zero-order valence-corrected chi connectivity index (χ0v) is 15.6. The molecule has 1 aromatic carbocycles. The van der Waals surface area contributed by atoms with E-state index in [9.17, 15) is 15.0 Å². The number of aliphatic imine (C=N–C) groups is 1. The highest BCUT2D eigenvalue weighted by molar-refractivity contribution is 7.99. The zero-order valence-electron chi connectivity index (χ0n) is 13.3. The quantitative estimate of drug-likeness (QED) is 0.784. The molecule has 0 radical (unpaired) electrons. The van der Waals surface area contributed by atoms with Gasteiger partial charge in [-0.2, -0.15) is 11.8 Å². The van der Waals surface area contributed by atoms with Crippen molar-refractivity contribution in [3.8, 4) is 11.5 Å². The summed E-state index contributed by atoms with van der Waals surface area (Å²) in [6.45, 7) is 2.07. The predicted molar refractivity (Wildman–Crippen MR) is 101 cm³/mol. The minimum absolute atomic E-state index is 0.0371. The number of nitrogens with zero attached hydrogens (tertiary/aromatic N) is 1. The number of aromatic hydroxyl groups is 2. The van der Waals surface area contributed by atoms with Crippen LogP contribution < -0.4 is 5.63 Å². The van der Waals surface area contributed by atoms with Gasteiger partial charge in [0.15, 0.2) is 0 Å². The number of phenols is 1. The Morgan fingerprint density at radius 1 is 1.28 bits per heavy atom. The Kier molecular flexibility index (Phi) is 5.32. The Labute approximate surface area is 158 Å². The fourth-order valence-corrected chi connectivity index (χ4v) is 4.37. The van der Waals surface area contributed by atoms with Crippen LogP contribution in [0.1, 0.15) is 28.6 Å². The lowest BCUT2D eigenvalue weighted by atomic mass is 10.0. The van der Waals surface area contributed by atoms with Gasteiger partial charge in [0.1, 0.15) is 22.8 Å². The van der Waals surface area contributed by atoms with E-state index in [1.807, 2.05) is 0 Å². The second-order valence-corrected chi connectivity index (χ2v) is 7.78. The molecule has 1 aliphatic rings. The van der Waals surface area contributed by atoms with E-state index in [0.717, 1.165) is 0 Å². The third-order valence-electron chi connectivity index (χ3n) is 3.84. The number of aryl methyl sites for hydroxylation is 1. The van der Waals surface area contributed by atoms with Crippen molar-refractivity contribution >= 4 is 40.7 Å². The van der Waals surface area contributed by atoms with Gasteiger partial charge in [0, 0.05) is 40.6 Å². The van der Waals surface area contributed by atoms with Crippen LogP contribution >= 0.6 is 35.0 Å². The van der Waals surface area contributed by atoms with Gasteiger partial charge in [-0.15, -0.1) is 0 Å². The van der Waals surface area contributed by atoms with Gasteiger partial charge < -0.3 is 14.6 Å². The highest BCUT2D eigenvalue weighted by Crippen LogP contribution is 2.43. The third-order valence-corrected chi connectivity index (χ3v) is 5.59. The van der Waals surface area contributed by atoms with Crippen molar-refractivity contribution in [3.63, 3.8) is 0 Å². The average Bonchev–Trinajstić information content (AvgIpc) is 2.76. The van der Waals surface area contributed by atoms with E-state index >= 15 is 0 Å². The minimum atomic E-state index is -0.629. The van der Waals surface area contributed by atoms with Crippen molar-refractivity contribution in [1.82, 2.24) is 0 Å². The van der Waals surface area contributed by atoms with Crippen molar-refractivity contribution in [1.29, 1.82) is 0 Å². The maximum atomic E-state index is 12.2. The van der Waals surface area contributed by atoms with Crippen molar-refractivity contribution in [3.05, 3.63) is 55.6 Å². The molecule has 2 N–H and O–H groups in total. The Balaban J connectivity index is 2.03. The lowest BCUT2D eigenvalue weighted by molar-refractivity contribution is 0.432. The SMILES string of the molecule is Cc1cc(O)c(C2=NCCS[C@@H](c3cc(Cl)cc(Cl)c3O)C2)c(=O)o1. The number of thioether (sulfide) groups is 1. The molecule has 1 aliphatic heterocycles. The maximum absolute atomic E-state index is 12.2. The molecule has 0 fully saturated rings. The number of benzene rings is 1. The third kappa shape index (κ3) is 3.81. The van der Waals surface area contributed by atoms with Crippen molar-refractivity contribution in [2.45, 2.75) is 18.6 Å². The van der Waals surface area contributed by atoms with E-state index in [-0.39, 0.29) is 27.3 Å². The van der Waals surface area contributed by atoms with Gasteiger partial charge in [0.2, 0.25) is 0 Å². The van der Waals surface area contributed by atoms with E-state index < -0.39 is 5.63 Å². The first-order valence-electron chi connectivity index (χ1n) is 7.53. The number of hydrogen-bond donors (Lipinski definition) is 2. The molecular formula is C17H15Cl2NO4S. The van der Waals surface area contributed by atoms with Gasteiger partial charge in [-0.25, -0.2) is 4.79 Å². The Bertz CT molecular complexity index is 910. The topological polar surface area (TPSA) is 83.0 Å². The van der Waals surface area contributed by atoms with Crippen LogP contribution in [-0.2, 0) is 0 Å². The molecule has 0 saturated heterocycles. The Hall–Kier alpha value is -1.63. The summed E-state index contributed by atoms with van der Waals surface area (Å²) in [7, 11) is 0. The molecule has 0 amide bonds. The lowest BCUT2D eigenvalue weighted by Crippen LogP contribution is -2.17. The molecule has 1 aromatic heterocycles. The van der Waals surface area contributed by atoms with E-state index in [1.54, 1.807) is 24.8 Å². The molecular weight excluding hydrogens is 385 g/mol. The number of phenolic OH excluding ortho intramolecular Hbond substituents is 1. The molecule has 8 heteroatoms. The van der Waals surface area contributed by atoms with Crippen LogP contribution in [0.4, 0.5) is 0 Å². The molecule has 25 heavy (non-hydrogen) atoms. The number of rotatable bonds is 2. The van der Waals surface area contributed by atoms with Crippen LogP contribution in [0.25, 0.3) is 0 Å². The summed E-state index contributed by atoms with van der Waals surface area (Å²) >= 11 is 13.7. The van der Waals surface area contributed by atoms with Crippen molar-refractivity contribution in [2.24, 2.45) is 4.99 Å². The summed E-state index contributed by atoms with van der Waals surface area (Å²) in [4.78, 5) is 16.6. The van der Waals surface area contributed by atoms with Gasteiger partial charge in [-0.1, -0.05) is 23.2 Å². The molecule has 132 valence electrons. The fraction of sp³-hybridized carbons (Fsp3) is 0.294. The summed E-state index contributed by atoms with van der Waals surface area (Å²) in [5, 5.41) is 20.8. The molecule has 0 unspecified atom stereocenters. The molecule has 2 aromatic rings. The monoisotopic (exact) mass is 399 g/mol. The summed E-state index contributed by atoms with van der Waals surface area (Å²) < 4.78 is 5.09. The second-order valence-electron chi connectivity index (χ2n) is 5.62. The highest BCUT2D eigenvalue weighted by Gasteiger charge is 2.26. The second kappa shape index (κ2) is 7.32. The molecule has 0 bridgehead atoms. The minimum Gasteiger partial charge on any atom is -0.507 e. The first kappa shape index (κ1) is 18.2. The van der Waals surface area contributed by atoms with Crippen LogP contribution in [0.2, 0.25) is 10.0 Å². The van der Waals surface area contributed by atoms with E-state index in [0.29, 0.717) is 40.8 Å². The van der Waals surface area contributed by atoms with Gasteiger partial charge in [-0.3, -0.25) is 4.99 Å². The van der Waals surface area contributed by atoms with Gasteiger partial charge >= 0.3 is 5.63 Å². The molecule has 3 rings (SSSR count). The first-order valence-corrected chi connectivity index (χ1v) is 9.34. The highest BCUT2D eigenvalue weighted by atomic mass is 35.5. The smallest absolute Gasteiger partial charge is 0.348 e.